The van der Waals surface area contributed by atoms with E-state index in [-0.39, 0.29) is 5.82 Å². The molecule has 0 unspecified atom stereocenters. The van der Waals surface area contributed by atoms with Gasteiger partial charge in [0, 0.05) is 0 Å². The van der Waals surface area contributed by atoms with Crippen LogP contribution in [-0.4, -0.2) is 15.6 Å². The summed E-state index contributed by atoms with van der Waals surface area (Å²) in [5.74, 6) is -0.817. The maximum atomic E-state index is 11.4. The Morgan fingerprint density at radius 1 is 1.28 bits per heavy atom. The van der Waals surface area contributed by atoms with Gasteiger partial charge in [0.25, 0.3) is 10.3 Å². The fourth-order valence-electron chi connectivity index (χ4n) is 1.83. The van der Waals surface area contributed by atoms with Crippen molar-refractivity contribution >= 4 is 29.2 Å². The lowest BCUT2D eigenvalue weighted by Crippen LogP contribution is -2.41. The van der Waals surface area contributed by atoms with Crippen LogP contribution < -0.4 is 4.57 Å². The minimum atomic E-state index is -0.990. The summed E-state index contributed by atoms with van der Waals surface area (Å²) in [5.41, 5.74) is 0. The Morgan fingerprint density at radius 2 is 1.89 bits per heavy atom. The number of unbranched alkanes of at least 4 members (excludes halogenated alkanes) is 2. The minimum Gasteiger partial charge on any atom is -0.472 e. The van der Waals surface area contributed by atoms with Gasteiger partial charge in [-0.05, 0) is 36.0 Å². The zero-order chi connectivity index (χ0) is 13.7. The number of hydrogen-bond acceptors (Lipinski definition) is 1. The van der Waals surface area contributed by atoms with Gasteiger partial charge in [-0.15, -0.1) is 0 Å². The average Bonchev–Trinajstić information content (AvgIpc) is 2.57. The molecule has 1 heterocycles. The predicted molar refractivity (Wildman–Crippen MR) is 71.4 cm³/mol. The van der Waals surface area contributed by atoms with Gasteiger partial charge < -0.3 is 5.11 Å². The molecule has 4 nitrogen and oxygen atoms in total. The molecule has 0 spiro atoms. The summed E-state index contributed by atoms with van der Waals surface area (Å²) in [6.07, 6.45) is 3.69. The van der Waals surface area contributed by atoms with E-state index < -0.39 is 5.97 Å². The molecule has 1 rings (SSSR count). The summed E-state index contributed by atoms with van der Waals surface area (Å²) in [4.78, 5) is 11.4. The SMILES string of the molecule is CCCCn1c(Cl)c(Cl)[n+](CCCC)c1C(=O)O. The molecule has 1 aromatic rings. The number of imidazole rings is 1. The van der Waals surface area contributed by atoms with Crippen molar-refractivity contribution < 1.29 is 14.5 Å². The van der Waals surface area contributed by atoms with E-state index in [0.29, 0.717) is 23.4 Å². The number of aromatic nitrogens is 2. The number of carboxylic acids is 1. The summed E-state index contributed by atoms with van der Waals surface area (Å²) in [7, 11) is 0. The molecule has 1 aromatic heterocycles. The van der Waals surface area contributed by atoms with E-state index in [4.69, 9.17) is 23.2 Å². The molecule has 6 heteroatoms. The van der Waals surface area contributed by atoms with Gasteiger partial charge in [0.1, 0.15) is 0 Å². The lowest BCUT2D eigenvalue weighted by molar-refractivity contribution is -0.697. The molecule has 0 atom stereocenters. The number of aromatic carboxylic acids is 1. The molecular formula is C12H19Cl2N2O2+. The van der Waals surface area contributed by atoms with Gasteiger partial charge in [-0.2, -0.15) is 0 Å². The largest absolute Gasteiger partial charge is 0.472 e. The van der Waals surface area contributed by atoms with Gasteiger partial charge in [0.15, 0.2) is 0 Å². The monoisotopic (exact) mass is 293 g/mol. The van der Waals surface area contributed by atoms with Gasteiger partial charge in [-0.3, -0.25) is 0 Å². The molecule has 0 bridgehead atoms. The van der Waals surface area contributed by atoms with Crippen molar-refractivity contribution in [2.75, 3.05) is 0 Å². The average molecular weight is 294 g/mol. The van der Waals surface area contributed by atoms with Gasteiger partial charge in [0.05, 0.1) is 13.1 Å². The number of carbonyl (C=O) groups is 1. The molecule has 0 radical (unpaired) electrons. The highest BCUT2D eigenvalue weighted by molar-refractivity contribution is 6.40. The van der Waals surface area contributed by atoms with Crippen LogP contribution in [-0.2, 0) is 13.1 Å². The van der Waals surface area contributed by atoms with Crippen molar-refractivity contribution in [2.24, 2.45) is 0 Å². The minimum absolute atomic E-state index is 0.173. The Balaban J connectivity index is 3.19. The highest BCUT2D eigenvalue weighted by Gasteiger charge is 2.33. The fourth-order valence-corrected chi connectivity index (χ4v) is 2.36. The first-order valence-electron chi connectivity index (χ1n) is 6.25. The number of rotatable bonds is 7. The van der Waals surface area contributed by atoms with Crippen molar-refractivity contribution in [1.82, 2.24) is 4.57 Å². The topological polar surface area (TPSA) is 46.1 Å². The molecule has 0 aliphatic heterocycles. The van der Waals surface area contributed by atoms with E-state index in [0.717, 1.165) is 25.7 Å². The summed E-state index contributed by atoms with van der Waals surface area (Å²) in [6, 6.07) is 0. The van der Waals surface area contributed by atoms with Gasteiger partial charge in [-0.25, -0.2) is 13.9 Å². The molecule has 1 N–H and O–H groups in total. The third-order valence-corrected chi connectivity index (χ3v) is 3.68. The number of carboxylic acid groups (broad SMARTS) is 1. The van der Waals surface area contributed by atoms with E-state index in [1.165, 1.54) is 0 Å². The van der Waals surface area contributed by atoms with E-state index >= 15 is 0 Å². The quantitative estimate of drug-likeness (QED) is 0.784. The first-order chi connectivity index (χ1) is 8.54. The van der Waals surface area contributed by atoms with Crippen molar-refractivity contribution in [1.29, 1.82) is 0 Å². The summed E-state index contributed by atoms with van der Waals surface area (Å²) < 4.78 is 3.18. The standard InChI is InChI=1S/C12H18Cl2N2O2/c1-3-5-7-15-9(13)10(14)16(8-6-4-2)11(15)12(17)18/h3-8H2,1-2H3/p+1. The summed E-state index contributed by atoms with van der Waals surface area (Å²) >= 11 is 12.2. The predicted octanol–water partition coefficient (Wildman–Crippen LogP) is 3.38. The number of hydrogen-bond donors (Lipinski definition) is 1. The second kappa shape index (κ2) is 7.00. The van der Waals surface area contributed by atoms with Crippen LogP contribution in [0.5, 0.6) is 0 Å². The van der Waals surface area contributed by atoms with Crippen LogP contribution in [0.15, 0.2) is 0 Å². The summed E-state index contributed by atoms with van der Waals surface area (Å²) in [6.45, 7) is 5.25. The molecule has 0 fully saturated rings. The van der Waals surface area contributed by atoms with Crippen molar-refractivity contribution in [2.45, 2.75) is 52.6 Å². The first kappa shape index (κ1) is 15.3. The Kier molecular flexibility index (Phi) is 5.96. The lowest BCUT2D eigenvalue weighted by atomic mass is 10.3. The number of nitrogens with zero attached hydrogens (tertiary/aromatic N) is 2. The molecular weight excluding hydrogens is 275 g/mol. The highest BCUT2D eigenvalue weighted by Crippen LogP contribution is 2.22. The molecule has 18 heavy (non-hydrogen) atoms. The highest BCUT2D eigenvalue weighted by atomic mass is 35.5. The fraction of sp³-hybridized carbons (Fsp3) is 0.667. The van der Waals surface area contributed by atoms with Crippen LogP contribution in [0.2, 0.25) is 10.3 Å². The Hall–Kier alpha value is -0.740. The van der Waals surface area contributed by atoms with Crippen molar-refractivity contribution in [3.05, 3.63) is 16.1 Å². The van der Waals surface area contributed by atoms with Gasteiger partial charge >= 0.3 is 11.8 Å². The lowest BCUT2D eigenvalue weighted by Gasteiger charge is -2.00. The zero-order valence-corrected chi connectivity index (χ0v) is 12.3. The maximum absolute atomic E-state index is 11.4. The molecule has 0 aliphatic rings. The third-order valence-electron chi connectivity index (χ3n) is 2.82. The van der Waals surface area contributed by atoms with Crippen molar-refractivity contribution in [3.63, 3.8) is 0 Å². The Morgan fingerprint density at radius 3 is 2.39 bits per heavy atom. The normalized spacial score (nSPS) is 10.9. The van der Waals surface area contributed by atoms with E-state index in [1.807, 2.05) is 13.8 Å². The van der Waals surface area contributed by atoms with Crippen LogP contribution in [0.3, 0.4) is 0 Å². The Labute approximate surface area is 117 Å². The zero-order valence-electron chi connectivity index (χ0n) is 10.7. The van der Waals surface area contributed by atoms with E-state index in [9.17, 15) is 9.90 Å². The van der Waals surface area contributed by atoms with Crippen molar-refractivity contribution in [3.8, 4) is 0 Å². The molecule has 0 amide bonds. The van der Waals surface area contributed by atoms with E-state index in [1.54, 1.807) is 9.13 Å². The summed E-state index contributed by atoms with van der Waals surface area (Å²) in [5, 5.41) is 9.96. The van der Waals surface area contributed by atoms with Gasteiger partial charge in [0.2, 0.25) is 0 Å². The second-order valence-electron chi connectivity index (χ2n) is 4.22. The molecule has 102 valence electrons. The van der Waals surface area contributed by atoms with Crippen LogP contribution in [0.4, 0.5) is 0 Å². The first-order valence-corrected chi connectivity index (χ1v) is 7.00. The van der Waals surface area contributed by atoms with E-state index in [2.05, 4.69) is 0 Å². The smallest absolute Gasteiger partial charge is 0.419 e. The third kappa shape index (κ3) is 3.18. The molecule has 0 aliphatic carbocycles. The van der Waals surface area contributed by atoms with Crippen LogP contribution in [0.25, 0.3) is 0 Å². The second-order valence-corrected chi connectivity index (χ2v) is 4.94. The van der Waals surface area contributed by atoms with Crippen LogP contribution >= 0.6 is 23.2 Å². The molecule has 0 saturated heterocycles. The molecule has 0 saturated carbocycles. The Bertz CT molecular complexity index is 399. The number of halogens is 2. The van der Waals surface area contributed by atoms with Crippen LogP contribution in [0.1, 0.15) is 50.1 Å². The molecule has 0 aromatic carbocycles. The van der Waals surface area contributed by atoms with Crippen LogP contribution in [0, 0.1) is 0 Å². The van der Waals surface area contributed by atoms with Gasteiger partial charge in [-0.1, -0.05) is 26.7 Å². The maximum Gasteiger partial charge on any atom is 0.419 e.